The molecule has 1 aliphatic rings. The van der Waals surface area contributed by atoms with Gasteiger partial charge in [-0.1, -0.05) is 12.5 Å². The molecule has 1 heterocycles. The van der Waals surface area contributed by atoms with Crippen molar-refractivity contribution >= 4 is 11.7 Å². The molecule has 0 radical (unpaired) electrons. The molecule has 104 valence electrons. The topological polar surface area (TPSA) is 42.0 Å². The Morgan fingerprint density at radius 1 is 1.32 bits per heavy atom. The molecule has 1 aromatic rings. The number of amides is 1. The molecule has 1 N–H and O–H groups in total. The molecular weight excluding hydrogens is 257 g/mol. The average molecular weight is 272 g/mol. The number of carbonyl (C=O) groups is 1. The Hall–Kier alpha value is -1.59. The SMILES string of the molecule is O=C(Nc1ccccn1)[C@H]1CCC[C@H](C(F)(F)F)C1. The Kier molecular flexibility index (Phi) is 4.07. The molecule has 0 aromatic carbocycles. The Labute approximate surface area is 109 Å². The summed E-state index contributed by atoms with van der Waals surface area (Å²) < 4.78 is 38.0. The quantitative estimate of drug-likeness (QED) is 0.896. The number of carbonyl (C=O) groups excluding carboxylic acids is 1. The van der Waals surface area contributed by atoms with Crippen LogP contribution in [0.15, 0.2) is 24.4 Å². The van der Waals surface area contributed by atoms with Gasteiger partial charge < -0.3 is 5.32 Å². The number of hydrogen-bond donors (Lipinski definition) is 1. The summed E-state index contributed by atoms with van der Waals surface area (Å²) in [5.74, 6) is -1.93. The third kappa shape index (κ3) is 3.68. The summed E-state index contributed by atoms with van der Waals surface area (Å²) in [6.45, 7) is 0. The maximum atomic E-state index is 12.7. The highest BCUT2D eigenvalue weighted by atomic mass is 19.4. The Morgan fingerprint density at radius 2 is 2.11 bits per heavy atom. The largest absolute Gasteiger partial charge is 0.391 e. The molecule has 1 fully saturated rings. The van der Waals surface area contributed by atoms with Crippen molar-refractivity contribution in [3.8, 4) is 0 Å². The van der Waals surface area contributed by atoms with Gasteiger partial charge in [-0.15, -0.1) is 0 Å². The van der Waals surface area contributed by atoms with E-state index in [2.05, 4.69) is 10.3 Å². The minimum absolute atomic E-state index is 0.122. The number of rotatable bonds is 2. The lowest BCUT2D eigenvalue weighted by Crippen LogP contribution is -2.34. The van der Waals surface area contributed by atoms with Crippen LogP contribution in [0.1, 0.15) is 25.7 Å². The smallest absolute Gasteiger partial charge is 0.310 e. The van der Waals surface area contributed by atoms with Crippen LogP contribution in [0.5, 0.6) is 0 Å². The molecule has 1 aliphatic carbocycles. The van der Waals surface area contributed by atoms with Gasteiger partial charge in [0, 0.05) is 12.1 Å². The van der Waals surface area contributed by atoms with Gasteiger partial charge in [0.05, 0.1) is 5.92 Å². The van der Waals surface area contributed by atoms with Gasteiger partial charge in [0.2, 0.25) is 5.91 Å². The summed E-state index contributed by atoms with van der Waals surface area (Å²) in [6, 6.07) is 5.03. The maximum Gasteiger partial charge on any atom is 0.391 e. The molecule has 0 saturated heterocycles. The van der Waals surface area contributed by atoms with E-state index in [1.807, 2.05) is 0 Å². The van der Waals surface area contributed by atoms with Crippen LogP contribution in [0.25, 0.3) is 0 Å². The first kappa shape index (κ1) is 13.8. The number of aromatic nitrogens is 1. The summed E-state index contributed by atoms with van der Waals surface area (Å²) in [6.07, 6.45) is -1.74. The Morgan fingerprint density at radius 3 is 2.74 bits per heavy atom. The van der Waals surface area contributed by atoms with Crippen molar-refractivity contribution in [1.82, 2.24) is 4.98 Å². The van der Waals surface area contributed by atoms with Gasteiger partial charge in [-0.25, -0.2) is 4.98 Å². The number of halogens is 3. The lowest BCUT2D eigenvalue weighted by atomic mass is 9.80. The molecule has 0 unspecified atom stereocenters. The molecule has 1 aromatic heterocycles. The van der Waals surface area contributed by atoms with Crippen LogP contribution in [0.4, 0.5) is 19.0 Å². The molecule has 19 heavy (non-hydrogen) atoms. The monoisotopic (exact) mass is 272 g/mol. The van der Waals surface area contributed by atoms with Crippen molar-refractivity contribution < 1.29 is 18.0 Å². The van der Waals surface area contributed by atoms with E-state index in [9.17, 15) is 18.0 Å². The van der Waals surface area contributed by atoms with E-state index >= 15 is 0 Å². The van der Waals surface area contributed by atoms with Gasteiger partial charge in [-0.2, -0.15) is 13.2 Å². The highest BCUT2D eigenvalue weighted by molar-refractivity contribution is 5.91. The summed E-state index contributed by atoms with van der Waals surface area (Å²) >= 11 is 0. The van der Waals surface area contributed by atoms with E-state index in [1.165, 1.54) is 6.20 Å². The highest BCUT2D eigenvalue weighted by Gasteiger charge is 2.43. The fourth-order valence-electron chi connectivity index (χ4n) is 2.39. The van der Waals surface area contributed by atoms with E-state index in [-0.39, 0.29) is 18.7 Å². The molecule has 2 rings (SSSR count). The number of alkyl halides is 3. The molecule has 0 bridgehead atoms. The number of nitrogens with zero attached hydrogens (tertiary/aromatic N) is 1. The van der Waals surface area contributed by atoms with Crippen molar-refractivity contribution in [2.75, 3.05) is 5.32 Å². The first-order valence-corrected chi connectivity index (χ1v) is 6.25. The standard InChI is InChI=1S/C13H15F3N2O/c14-13(15,16)10-5-3-4-9(8-10)12(19)18-11-6-1-2-7-17-11/h1-2,6-7,9-10H,3-5,8H2,(H,17,18,19)/t9-,10-/m0/s1. The normalized spacial score (nSPS) is 23.9. The van der Waals surface area contributed by atoms with Crippen LogP contribution >= 0.6 is 0 Å². The second-order valence-corrected chi connectivity index (χ2v) is 4.81. The van der Waals surface area contributed by atoms with E-state index in [0.29, 0.717) is 18.7 Å². The summed E-state index contributed by atoms with van der Waals surface area (Å²) in [4.78, 5) is 15.8. The van der Waals surface area contributed by atoms with E-state index in [1.54, 1.807) is 18.2 Å². The van der Waals surface area contributed by atoms with Crippen molar-refractivity contribution in [2.24, 2.45) is 11.8 Å². The van der Waals surface area contributed by atoms with Crippen molar-refractivity contribution in [1.29, 1.82) is 0 Å². The number of nitrogens with one attached hydrogen (secondary N) is 1. The second-order valence-electron chi connectivity index (χ2n) is 4.81. The Balaban J connectivity index is 1.96. The molecule has 1 amide bonds. The molecule has 0 spiro atoms. The van der Waals surface area contributed by atoms with E-state index < -0.39 is 18.0 Å². The minimum atomic E-state index is -4.20. The van der Waals surface area contributed by atoms with Gasteiger partial charge >= 0.3 is 6.18 Å². The first-order valence-electron chi connectivity index (χ1n) is 6.25. The second kappa shape index (κ2) is 5.59. The molecule has 0 aliphatic heterocycles. The predicted molar refractivity (Wildman–Crippen MR) is 64.4 cm³/mol. The zero-order chi connectivity index (χ0) is 13.9. The third-order valence-corrected chi connectivity index (χ3v) is 3.42. The minimum Gasteiger partial charge on any atom is -0.310 e. The van der Waals surface area contributed by atoms with Crippen molar-refractivity contribution in [2.45, 2.75) is 31.9 Å². The summed E-state index contributed by atoms with van der Waals surface area (Å²) in [7, 11) is 0. The highest BCUT2D eigenvalue weighted by Crippen LogP contribution is 2.40. The molecule has 6 heteroatoms. The van der Waals surface area contributed by atoms with Gasteiger partial charge in [-0.05, 0) is 31.4 Å². The molecule has 1 saturated carbocycles. The third-order valence-electron chi connectivity index (χ3n) is 3.42. The van der Waals surface area contributed by atoms with Gasteiger partial charge in [-0.3, -0.25) is 4.79 Å². The van der Waals surface area contributed by atoms with Crippen molar-refractivity contribution in [3.05, 3.63) is 24.4 Å². The van der Waals surface area contributed by atoms with Gasteiger partial charge in [0.25, 0.3) is 0 Å². The fourth-order valence-corrected chi connectivity index (χ4v) is 2.39. The lowest BCUT2D eigenvalue weighted by Gasteiger charge is -2.29. The van der Waals surface area contributed by atoms with Crippen LogP contribution in [-0.2, 0) is 4.79 Å². The van der Waals surface area contributed by atoms with Gasteiger partial charge in [0.15, 0.2) is 0 Å². The van der Waals surface area contributed by atoms with Crippen LogP contribution < -0.4 is 5.32 Å². The number of hydrogen-bond acceptors (Lipinski definition) is 2. The number of anilines is 1. The van der Waals surface area contributed by atoms with E-state index in [0.717, 1.165) is 0 Å². The fraction of sp³-hybridized carbons (Fsp3) is 0.538. The zero-order valence-corrected chi connectivity index (χ0v) is 10.3. The first-order chi connectivity index (χ1) is 8.97. The lowest BCUT2D eigenvalue weighted by molar-refractivity contribution is -0.185. The molecule has 3 nitrogen and oxygen atoms in total. The van der Waals surface area contributed by atoms with Crippen molar-refractivity contribution in [3.63, 3.8) is 0 Å². The number of pyridine rings is 1. The predicted octanol–water partition coefficient (Wildman–Crippen LogP) is 3.39. The van der Waals surface area contributed by atoms with Crippen LogP contribution in [-0.4, -0.2) is 17.1 Å². The maximum absolute atomic E-state index is 12.7. The van der Waals surface area contributed by atoms with Crippen LogP contribution in [0.3, 0.4) is 0 Å². The molecule has 2 atom stereocenters. The Bertz CT molecular complexity index is 433. The summed E-state index contributed by atoms with van der Waals surface area (Å²) in [5, 5.41) is 2.57. The van der Waals surface area contributed by atoms with E-state index in [4.69, 9.17) is 0 Å². The van der Waals surface area contributed by atoms with Crippen LogP contribution in [0.2, 0.25) is 0 Å². The summed E-state index contributed by atoms with van der Waals surface area (Å²) in [5.41, 5.74) is 0. The average Bonchev–Trinajstić information content (AvgIpc) is 2.39. The van der Waals surface area contributed by atoms with Gasteiger partial charge in [0.1, 0.15) is 5.82 Å². The zero-order valence-electron chi connectivity index (χ0n) is 10.3. The van der Waals surface area contributed by atoms with Crippen LogP contribution in [0, 0.1) is 11.8 Å². The molecular formula is C13H15F3N2O.